The highest BCUT2D eigenvalue weighted by atomic mass is 32.2. The maximum absolute atomic E-state index is 11.3. The van der Waals surface area contributed by atoms with Crippen molar-refractivity contribution in [3.63, 3.8) is 0 Å². The molecule has 172 valence electrons. The van der Waals surface area contributed by atoms with Crippen LogP contribution >= 0.6 is 0 Å². The van der Waals surface area contributed by atoms with Crippen molar-refractivity contribution in [3.05, 3.63) is 0 Å². The zero-order chi connectivity index (χ0) is 22.0. The van der Waals surface area contributed by atoms with Gasteiger partial charge in [0, 0.05) is 19.1 Å². The Kier molecular flexibility index (Phi) is 11.4. The van der Waals surface area contributed by atoms with Crippen molar-refractivity contribution in [1.82, 2.24) is 4.90 Å². The van der Waals surface area contributed by atoms with Gasteiger partial charge in [0.2, 0.25) is 0 Å². The van der Waals surface area contributed by atoms with Gasteiger partial charge in [0.15, 0.2) is 0 Å². The van der Waals surface area contributed by atoms with Gasteiger partial charge in [-0.2, -0.15) is 8.42 Å². The lowest BCUT2D eigenvalue weighted by Gasteiger charge is -2.29. The maximum Gasteiger partial charge on any atom is 0.314 e. The first-order valence-electron chi connectivity index (χ1n) is 10.5. The number of hydrogen-bond acceptors (Lipinski definition) is 6. The Morgan fingerprint density at radius 2 is 1.72 bits per heavy atom. The lowest BCUT2D eigenvalue weighted by atomic mass is 9.83. The highest BCUT2D eigenvalue weighted by molar-refractivity contribution is 7.86. The molecule has 0 unspecified atom stereocenters. The van der Waals surface area contributed by atoms with Crippen molar-refractivity contribution in [2.75, 3.05) is 26.3 Å². The van der Waals surface area contributed by atoms with Crippen molar-refractivity contribution >= 4 is 16.1 Å². The molecule has 10 heteroatoms. The summed E-state index contributed by atoms with van der Waals surface area (Å²) in [6, 6.07) is -0.764. The van der Waals surface area contributed by atoms with E-state index in [9.17, 15) is 22.9 Å². The number of hydrogen-bond donors (Lipinski definition) is 4. The summed E-state index contributed by atoms with van der Waals surface area (Å²) in [5.74, 6) is 0.290. The van der Waals surface area contributed by atoms with Gasteiger partial charge in [0.1, 0.15) is 0 Å². The number of amides is 2. The number of rotatable bonds is 7. The topological polar surface area (TPSA) is 156 Å². The molecule has 1 aliphatic carbocycles. The first-order valence-corrected chi connectivity index (χ1v) is 12.0. The van der Waals surface area contributed by atoms with E-state index >= 15 is 0 Å². The fourth-order valence-corrected chi connectivity index (χ4v) is 5.03. The van der Waals surface area contributed by atoms with Crippen molar-refractivity contribution in [2.45, 2.75) is 76.2 Å². The van der Waals surface area contributed by atoms with Crippen LogP contribution in [0, 0.1) is 11.8 Å². The molecule has 0 spiro atoms. The molecule has 1 aliphatic heterocycles. The number of urea groups is 1. The van der Waals surface area contributed by atoms with E-state index < -0.39 is 27.5 Å². The van der Waals surface area contributed by atoms with E-state index in [4.69, 9.17) is 16.2 Å². The van der Waals surface area contributed by atoms with Crippen LogP contribution in [-0.4, -0.2) is 72.7 Å². The Labute approximate surface area is 174 Å². The molecule has 1 heterocycles. The third kappa shape index (κ3) is 10.1. The van der Waals surface area contributed by atoms with E-state index in [0.717, 1.165) is 19.3 Å². The number of ether oxygens (including phenoxy) is 1. The molecule has 3 atom stereocenters. The van der Waals surface area contributed by atoms with Crippen molar-refractivity contribution < 1.29 is 27.6 Å². The highest BCUT2D eigenvalue weighted by Crippen LogP contribution is 2.28. The van der Waals surface area contributed by atoms with E-state index in [0.29, 0.717) is 32.2 Å². The molecule has 1 saturated carbocycles. The second-order valence-electron chi connectivity index (χ2n) is 8.44. The molecule has 9 nitrogen and oxygen atoms in total. The molecule has 1 saturated heterocycles. The molecular weight excluding hydrogens is 398 g/mol. The van der Waals surface area contributed by atoms with E-state index in [-0.39, 0.29) is 18.4 Å². The van der Waals surface area contributed by atoms with Gasteiger partial charge in [-0.15, -0.1) is 0 Å². The molecule has 0 aromatic rings. The van der Waals surface area contributed by atoms with E-state index in [1.807, 2.05) is 0 Å². The van der Waals surface area contributed by atoms with Gasteiger partial charge in [0.25, 0.3) is 10.1 Å². The molecule has 0 aromatic carbocycles. The molecule has 2 fully saturated rings. The standard InChI is InChI=1S/C14H29NO4S.C5H10N2O2/c1-10(2)14(20(17,18)19)9-13(16)12(15)8-11-6-4-3-5-7-11;6-5(8)7-1-3-9-4-2-7/h10-14,16H,3-9,15H2,1-2H3,(H,17,18,19);1-4H2,(H2,6,8)/t12-,13-,14+;/m0./s1. The van der Waals surface area contributed by atoms with Crippen molar-refractivity contribution in [1.29, 1.82) is 0 Å². The predicted molar refractivity (Wildman–Crippen MR) is 112 cm³/mol. The van der Waals surface area contributed by atoms with Crippen LogP contribution in [-0.2, 0) is 14.9 Å². The molecule has 6 N–H and O–H groups in total. The van der Waals surface area contributed by atoms with Crippen LogP contribution in [0.1, 0.15) is 58.8 Å². The normalized spacial score (nSPS) is 21.8. The Morgan fingerprint density at radius 3 is 2.14 bits per heavy atom. The minimum absolute atomic E-state index is 0.00435. The van der Waals surface area contributed by atoms with Crippen LogP contribution in [0.3, 0.4) is 0 Å². The summed E-state index contributed by atoms with van der Waals surface area (Å²) < 4.78 is 36.9. The minimum atomic E-state index is -4.14. The third-order valence-corrected chi connectivity index (χ3v) is 7.25. The molecular formula is C19H39N3O6S. The predicted octanol–water partition coefficient (Wildman–Crippen LogP) is 1.34. The zero-order valence-electron chi connectivity index (χ0n) is 17.7. The summed E-state index contributed by atoms with van der Waals surface area (Å²) in [4.78, 5) is 12.0. The van der Waals surface area contributed by atoms with Gasteiger partial charge >= 0.3 is 6.03 Å². The number of carbonyl (C=O) groups is 1. The van der Waals surface area contributed by atoms with Crippen LogP contribution in [0.4, 0.5) is 4.79 Å². The highest BCUT2D eigenvalue weighted by Gasteiger charge is 2.32. The lowest BCUT2D eigenvalue weighted by molar-refractivity contribution is 0.0554. The molecule has 0 bridgehead atoms. The number of carbonyl (C=O) groups excluding carboxylic acids is 1. The van der Waals surface area contributed by atoms with Crippen LogP contribution in [0.25, 0.3) is 0 Å². The Balaban J connectivity index is 0.000000387. The summed E-state index contributed by atoms with van der Waals surface area (Å²) in [6.45, 7) is 5.94. The molecule has 2 aliphatic rings. The zero-order valence-corrected chi connectivity index (χ0v) is 18.5. The Hall–Kier alpha value is -0.940. The maximum atomic E-state index is 11.3. The summed E-state index contributed by atoms with van der Waals surface area (Å²) in [6.07, 6.45) is 5.85. The van der Waals surface area contributed by atoms with Crippen LogP contribution in [0.5, 0.6) is 0 Å². The molecule has 2 rings (SSSR count). The van der Waals surface area contributed by atoms with Crippen LogP contribution in [0.15, 0.2) is 0 Å². The summed E-state index contributed by atoms with van der Waals surface area (Å²) in [7, 11) is -4.14. The van der Waals surface area contributed by atoms with E-state index in [1.165, 1.54) is 19.3 Å². The quantitative estimate of drug-likeness (QED) is 0.438. The second kappa shape index (κ2) is 12.7. The fraction of sp³-hybridized carbons (Fsp3) is 0.947. The van der Waals surface area contributed by atoms with Gasteiger partial charge in [-0.05, 0) is 24.7 Å². The first kappa shape index (κ1) is 26.1. The summed E-state index contributed by atoms with van der Waals surface area (Å²) in [5, 5.41) is 9.18. The van der Waals surface area contributed by atoms with Gasteiger partial charge in [-0.1, -0.05) is 46.0 Å². The lowest BCUT2D eigenvalue weighted by Crippen LogP contribution is -2.43. The number of nitrogens with two attached hydrogens (primary N) is 2. The molecule has 29 heavy (non-hydrogen) atoms. The van der Waals surface area contributed by atoms with Gasteiger partial charge in [-0.25, -0.2) is 4.79 Å². The largest absolute Gasteiger partial charge is 0.391 e. The average Bonchev–Trinajstić information content (AvgIpc) is 2.66. The van der Waals surface area contributed by atoms with Crippen molar-refractivity contribution in [2.24, 2.45) is 23.3 Å². The number of nitrogens with zero attached hydrogens (tertiary/aromatic N) is 1. The van der Waals surface area contributed by atoms with Gasteiger partial charge < -0.3 is 26.2 Å². The second-order valence-corrected chi connectivity index (χ2v) is 10.1. The summed E-state index contributed by atoms with van der Waals surface area (Å²) >= 11 is 0. The monoisotopic (exact) mass is 437 g/mol. The fourth-order valence-electron chi connectivity index (χ4n) is 3.90. The van der Waals surface area contributed by atoms with Crippen LogP contribution in [0.2, 0.25) is 0 Å². The molecule has 0 radical (unpaired) electrons. The number of aliphatic hydroxyl groups excluding tert-OH is 1. The van der Waals surface area contributed by atoms with E-state index in [1.54, 1.807) is 18.7 Å². The number of aliphatic hydroxyl groups is 1. The average molecular weight is 438 g/mol. The summed E-state index contributed by atoms with van der Waals surface area (Å²) in [5.41, 5.74) is 11.0. The van der Waals surface area contributed by atoms with Crippen molar-refractivity contribution in [3.8, 4) is 0 Å². The molecule has 2 amide bonds. The van der Waals surface area contributed by atoms with Gasteiger partial charge in [0.05, 0.1) is 24.6 Å². The first-order chi connectivity index (χ1) is 13.5. The smallest absolute Gasteiger partial charge is 0.314 e. The van der Waals surface area contributed by atoms with E-state index in [2.05, 4.69) is 0 Å². The third-order valence-electron chi connectivity index (χ3n) is 5.75. The Morgan fingerprint density at radius 1 is 1.17 bits per heavy atom. The molecule has 0 aromatic heterocycles. The Bertz CT molecular complexity index is 574. The minimum Gasteiger partial charge on any atom is -0.391 e. The number of morpholine rings is 1. The van der Waals surface area contributed by atoms with Gasteiger partial charge in [-0.3, -0.25) is 4.55 Å². The van der Waals surface area contributed by atoms with Crippen LogP contribution < -0.4 is 11.5 Å². The number of primary amides is 1. The SMILES string of the molecule is CC(C)[C@@H](C[C@H](O)[C@@H](N)CC1CCCCC1)S(=O)(=O)O.NC(=O)N1CCOCC1.